The van der Waals surface area contributed by atoms with Gasteiger partial charge in [0.25, 0.3) is 15.9 Å². The fourth-order valence-corrected chi connectivity index (χ4v) is 4.90. The quantitative estimate of drug-likeness (QED) is 0.331. The van der Waals surface area contributed by atoms with E-state index in [4.69, 9.17) is 9.15 Å². The third-order valence-electron chi connectivity index (χ3n) is 5.61. The van der Waals surface area contributed by atoms with E-state index in [9.17, 15) is 13.2 Å². The van der Waals surface area contributed by atoms with Crippen molar-refractivity contribution in [1.29, 1.82) is 0 Å². The van der Waals surface area contributed by atoms with E-state index in [2.05, 4.69) is 0 Å². The molecule has 0 saturated heterocycles. The van der Waals surface area contributed by atoms with Crippen molar-refractivity contribution in [2.24, 2.45) is 0 Å². The Morgan fingerprint density at radius 3 is 2.29 bits per heavy atom. The van der Waals surface area contributed by atoms with Crippen LogP contribution in [0.3, 0.4) is 0 Å². The van der Waals surface area contributed by atoms with E-state index in [1.807, 2.05) is 30.3 Å². The fourth-order valence-electron chi connectivity index (χ4n) is 3.66. The van der Waals surface area contributed by atoms with Crippen LogP contribution in [0.2, 0.25) is 0 Å². The molecule has 8 heteroatoms. The molecule has 0 radical (unpaired) electrons. The zero-order valence-corrected chi connectivity index (χ0v) is 20.3. The lowest BCUT2D eigenvalue weighted by Gasteiger charge is -2.23. The summed E-state index contributed by atoms with van der Waals surface area (Å²) in [6.07, 6.45) is 1.56. The summed E-state index contributed by atoms with van der Waals surface area (Å²) in [6.45, 7) is 0.604. The van der Waals surface area contributed by atoms with E-state index in [-0.39, 0.29) is 22.9 Å². The Bertz CT molecular complexity index is 1370. The molecule has 1 aromatic heterocycles. The van der Waals surface area contributed by atoms with Gasteiger partial charge in [0.15, 0.2) is 0 Å². The molecule has 1 amide bonds. The molecule has 0 unspecified atom stereocenters. The van der Waals surface area contributed by atoms with Crippen LogP contribution >= 0.6 is 0 Å². The summed E-state index contributed by atoms with van der Waals surface area (Å²) in [6, 6.07) is 26.0. The molecule has 3 aromatic carbocycles. The Labute approximate surface area is 205 Å². The first-order chi connectivity index (χ1) is 16.9. The SMILES string of the molecule is COc1ccc(N(C)S(=O)(=O)c2cccc(C(=O)N(Cc3ccccc3)Cc3ccco3)c2)cc1. The lowest BCUT2D eigenvalue weighted by atomic mass is 10.1. The van der Waals surface area contributed by atoms with Crippen LogP contribution in [0.1, 0.15) is 21.7 Å². The van der Waals surface area contributed by atoms with Crippen molar-refractivity contribution >= 4 is 21.6 Å². The van der Waals surface area contributed by atoms with Gasteiger partial charge in [0.2, 0.25) is 0 Å². The first kappa shape index (κ1) is 24.1. The number of hydrogen-bond acceptors (Lipinski definition) is 5. The van der Waals surface area contributed by atoms with E-state index in [0.29, 0.717) is 23.7 Å². The molecule has 0 fully saturated rings. The first-order valence-corrected chi connectivity index (χ1v) is 12.4. The van der Waals surface area contributed by atoms with Crippen LogP contribution in [0.15, 0.2) is 107 Å². The van der Waals surface area contributed by atoms with Crippen molar-refractivity contribution in [3.05, 3.63) is 114 Å². The van der Waals surface area contributed by atoms with Gasteiger partial charge < -0.3 is 14.1 Å². The van der Waals surface area contributed by atoms with E-state index in [0.717, 1.165) is 5.56 Å². The van der Waals surface area contributed by atoms with Gasteiger partial charge in [0.05, 0.1) is 30.5 Å². The molecular weight excluding hydrogens is 464 g/mol. The lowest BCUT2D eigenvalue weighted by molar-refractivity contribution is 0.0717. The number of carbonyl (C=O) groups is 1. The Morgan fingerprint density at radius 2 is 1.63 bits per heavy atom. The normalized spacial score (nSPS) is 11.1. The average molecular weight is 491 g/mol. The second kappa shape index (κ2) is 10.5. The largest absolute Gasteiger partial charge is 0.497 e. The van der Waals surface area contributed by atoms with E-state index >= 15 is 0 Å². The van der Waals surface area contributed by atoms with Crippen LogP contribution in [0, 0.1) is 0 Å². The predicted octanol–water partition coefficient (Wildman–Crippen LogP) is 4.96. The van der Waals surface area contributed by atoms with Gasteiger partial charge in [-0.3, -0.25) is 9.10 Å². The molecule has 0 N–H and O–H groups in total. The molecule has 0 saturated carbocycles. The van der Waals surface area contributed by atoms with Gasteiger partial charge in [0.1, 0.15) is 11.5 Å². The van der Waals surface area contributed by atoms with Crippen molar-refractivity contribution in [3.8, 4) is 5.75 Å². The van der Waals surface area contributed by atoms with Gasteiger partial charge in [-0.2, -0.15) is 0 Å². The lowest BCUT2D eigenvalue weighted by Crippen LogP contribution is -2.31. The first-order valence-electron chi connectivity index (χ1n) is 11.0. The minimum atomic E-state index is -3.90. The monoisotopic (exact) mass is 490 g/mol. The number of nitrogens with zero attached hydrogens (tertiary/aromatic N) is 2. The van der Waals surface area contributed by atoms with Crippen LogP contribution in [-0.2, 0) is 23.1 Å². The molecule has 7 nitrogen and oxygen atoms in total. The Kier molecular flexibility index (Phi) is 7.22. The van der Waals surface area contributed by atoms with Gasteiger partial charge in [-0.25, -0.2) is 8.42 Å². The molecule has 0 spiro atoms. The molecule has 0 aliphatic carbocycles. The van der Waals surface area contributed by atoms with Gasteiger partial charge in [-0.05, 0) is 60.2 Å². The number of ether oxygens (including phenoxy) is 1. The Morgan fingerprint density at radius 1 is 0.886 bits per heavy atom. The smallest absolute Gasteiger partial charge is 0.264 e. The molecule has 180 valence electrons. The van der Waals surface area contributed by atoms with Crippen LogP contribution in [0.5, 0.6) is 5.75 Å². The number of amides is 1. The van der Waals surface area contributed by atoms with E-state index in [1.54, 1.807) is 66.8 Å². The maximum atomic E-state index is 13.5. The van der Waals surface area contributed by atoms with Gasteiger partial charge in [0, 0.05) is 19.2 Å². The summed E-state index contributed by atoms with van der Waals surface area (Å²) in [4.78, 5) is 15.2. The third kappa shape index (κ3) is 5.55. The van der Waals surface area contributed by atoms with Crippen molar-refractivity contribution in [2.45, 2.75) is 18.0 Å². The van der Waals surface area contributed by atoms with Crippen molar-refractivity contribution in [2.75, 3.05) is 18.5 Å². The summed E-state index contributed by atoms with van der Waals surface area (Å²) in [5.41, 5.74) is 1.71. The summed E-state index contributed by atoms with van der Waals surface area (Å²) in [5.74, 6) is 0.967. The summed E-state index contributed by atoms with van der Waals surface area (Å²) < 4.78 is 38.5. The molecule has 0 aliphatic heterocycles. The zero-order valence-electron chi connectivity index (χ0n) is 19.5. The van der Waals surface area contributed by atoms with Crippen LogP contribution in [-0.4, -0.2) is 33.4 Å². The number of benzene rings is 3. The fraction of sp³-hybridized carbons (Fsp3) is 0.148. The second-order valence-corrected chi connectivity index (χ2v) is 9.89. The number of sulfonamides is 1. The highest BCUT2D eigenvalue weighted by atomic mass is 32.2. The van der Waals surface area contributed by atoms with Gasteiger partial charge in [-0.1, -0.05) is 36.4 Å². The second-order valence-electron chi connectivity index (χ2n) is 7.92. The maximum absolute atomic E-state index is 13.5. The third-order valence-corrected chi connectivity index (χ3v) is 7.39. The average Bonchev–Trinajstić information content (AvgIpc) is 3.41. The highest BCUT2D eigenvalue weighted by Gasteiger charge is 2.24. The highest BCUT2D eigenvalue weighted by molar-refractivity contribution is 7.92. The maximum Gasteiger partial charge on any atom is 0.264 e. The minimum absolute atomic E-state index is 0.0272. The van der Waals surface area contributed by atoms with Crippen molar-refractivity contribution in [1.82, 2.24) is 4.90 Å². The topological polar surface area (TPSA) is 80.1 Å². The molecule has 35 heavy (non-hydrogen) atoms. The van der Waals surface area contributed by atoms with Crippen LogP contribution in [0.4, 0.5) is 5.69 Å². The number of anilines is 1. The molecule has 0 bridgehead atoms. The molecule has 0 aliphatic rings. The summed E-state index contributed by atoms with van der Waals surface area (Å²) >= 11 is 0. The Hall–Kier alpha value is -4.04. The van der Waals surface area contributed by atoms with Crippen molar-refractivity contribution in [3.63, 3.8) is 0 Å². The molecule has 0 atom stereocenters. The van der Waals surface area contributed by atoms with E-state index < -0.39 is 10.0 Å². The number of methoxy groups -OCH3 is 1. The van der Waals surface area contributed by atoms with Gasteiger partial charge in [-0.15, -0.1) is 0 Å². The van der Waals surface area contributed by atoms with Gasteiger partial charge >= 0.3 is 0 Å². The number of rotatable bonds is 9. The number of furan rings is 1. The number of carbonyl (C=O) groups excluding carboxylic acids is 1. The highest BCUT2D eigenvalue weighted by Crippen LogP contribution is 2.25. The molecule has 4 rings (SSSR count). The predicted molar refractivity (Wildman–Crippen MR) is 134 cm³/mol. The zero-order chi connectivity index (χ0) is 24.8. The van der Waals surface area contributed by atoms with Crippen LogP contribution in [0.25, 0.3) is 0 Å². The molecule has 1 heterocycles. The minimum Gasteiger partial charge on any atom is -0.497 e. The summed E-state index contributed by atoms with van der Waals surface area (Å²) in [5, 5.41) is 0. The number of hydrogen-bond donors (Lipinski definition) is 0. The van der Waals surface area contributed by atoms with Crippen LogP contribution < -0.4 is 9.04 Å². The standard InChI is InChI=1S/C27H26N2O5S/c1-28(23-13-15-24(33-2)16-14-23)35(31,32)26-12-6-10-22(18-26)27(30)29(20-25-11-7-17-34-25)19-21-8-4-3-5-9-21/h3-18H,19-20H2,1-2H3. The molecular formula is C27H26N2O5S. The Balaban J connectivity index is 1.62. The molecule has 4 aromatic rings. The summed E-state index contributed by atoms with van der Waals surface area (Å²) in [7, 11) is -0.876. The van der Waals surface area contributed by atoms with E-state index in [1.165, 1.54) is 23.5 Å². The van der Waals surface area contributed by atoms with Crippen molar-refractivity contribution < 1.29 is 22.4 Å².